The molecule has 170 valence electrons. The lowest BCUT2D eigenvalue weighted by Gasteiger charge is -2.21. The Hall–Kier alpha value is -3.84. The first-order valence-corrected chi connectivity index (χ1v) is 11.4. The normalized spacial score (nSPS) is 15.1. The highest BCUT2D eigenvalue weighted by Gasteiger charge is 2.27. The zero-order chi connectivity index (χ0) is 23.0. The van der Waals surface area contributed by atoms with Gasteiger partial charge in [-0.3, -0.25) is 4.79 Å². The Morgan fingerprint density at radius 1 is 1.45 bits per heavy atom. The van der Waals surface area contributed by atoms with E-state index in [2.05, 4.69) is 21.7 Å². The van der Waals surface area contributed by atoms with E-state index in [1.807, 2.05) is 10.8 Å². The second-order valence-corrected chi connectivity index (χ2v) is 8.74. The van der Waals surface area contributed by atoms with Gasteiger partial charge >= 0.3 is 6.09 Å². The van der Waals surface area contributed by atoms with Crippen molar-refractivity contribution in [2.75, 3.05) is 18.5 Å². The zero-order valence-electron chi connectivity index (χ0n) is 17.8. The minimum Gasteiger partial charge on any atom is -0.472 e. The van der Waals surface area contributed by atoms with E-state index in [-0.39, 0.29) is 11.8 Å². The third kappa shape index (κ3) is 5.90. The van der Waals surface area contributed by atoms with Crippen LogP contribution in [0.25, 0.3) is 6.08 Å². The summed E-state index contributed by atoms with van der Waals surface area (Å²) in [6.45, 7) is 1.39. The highest BCUT2D eigenvalue weighted by Crippen LogP contribution is 2.39. The van der Waals surface area contributed by atoms with E-state index in [4.69, 9.17) is 9.15 Å². The van der Waals surface area contributed by atoms with Gasteiger partial charge < -0.3 is 24.4 Å². The van der Waals surface area contributed by atoms with Crippen LogP contribution in [-0.2, 0) is 28.9 Å². The van der Waals surface area contributed by atoms with E-state index in [0.29, 0.717) is 43.1 Å². The number of aromatic nitrogens is 2. The number of rotatable bonds is 8. The van der Waals surface area contributed by atoms with Crippen molar-refractivity contribution in [1.29, 1.82) is 5.26 Å². The molecule has 3 heterocycles. The summed E-state index contributed by atoms with van der Waals surface area (Å²) in [6, 6.07) is 3.98. The Morgan fingerprint density at radius 2 is 2.36 bits per heavy atom. The van der Waals surface area contributed by atoms with Crippen LogP contribution >= 0.6 is 11.3 Å². The number of ether oxygens (including phenoxy) is 1. The molecule has 4 rings (SSSR count). The molecule has 9 nitrogen and oxygen atoms in total. The van der Waals surface area contributed by atoms with E-state index >= 15 is 0 Å². The number of nitrogens with one attached hydrogen (secondary N) is 2. The SMILES string of the molecule is N#Cc1c(NC(=O)C=Cc2ccoc2)sc2c1CCC(COC(=O)NCCn1ccnc1)C2. The first kappa shape index (κ1) is 22.4. The molecule has 0 fully saturated rings. The summed E-state index contributed by atoms with van der Waals surface area (Å²) in [5, 5.41) is 15.8. The lowest BCUT2D eigenvalue weighted by Crippen LogP contribution is -2.30. The summed E-state index contributed by atoms with van der Waals surface area (Å²) in [5.74, 6) is -0.134. The van der Waals surface area contributed by atoms with Crippen molar-refractivity contribution in [2.24, 2.45) is 5.92 Å². The van der Waals surface area contributed by atoms with Gasteiger partial charge in [-0.05, 0) is 42.9 Å². The molecule has 1 aliphatic rings. The Labute approximate surface area is 194 Å². The first-order valence-electron chi connectivity index (χ1n) is 10.5. The molecule has 2 N–H and O–H groups in total. The van der Waals surface area contributed by atoms with Gasteiger partial charge in [-0.25, -0.2) is 9.78 Å². The number of hydrogen-bond donors (Lipinski definition) is 2. The molecule has 1 aliphatic carbocycles. The van der Waals surface area contributed by atoms with E-state index in [1.165, 1.54) is 29.9 Å². The molecule has 3 aromatic heterocycles. The van der Waals surface area contributed by atoms with Gasteiger partial charge in [0.15, 0.2) is 0 Å². The monoisotopic (exact) mass is 465 g/mol. The molecule has 0 aliphatic heterocycles. The number of nitrogens with zero attached hydrogens (tertiary/aromatic N) is 3. The Kier molecular flexibility index (Phi) is 7.22. The number of nitriles is 1. The first-order chi connectivity index (χ1) is 16.1. The summed E-state index contributed by atoms with van der Waals surface area (Å²) in [4.78, 5) is 29.3. The van der Waals surface area contributed by atoms with Crippen LogP contribution < -0.4 is 10.6 Å². The number of imidazole rings is 1. The van der Waals surface area contributed by atoms with Crippen LogP contribution in [0.1, 0.15) is 28.0 Å². The number of amides is 2. The fraction of sp³-hybridized carbons (Fsp3) is 0.304. The molecular formula is C23H23N5O4S. The zero-order valence-corrected chi connectivity index (χ0v) is 18.6. The van der Waals surface area contributed by atoms with Gasteiger partial charge in [0.25, 0.3) is 0 Å². The van der Waals surface area contributed by atoms with Gasteiger partial charge in [-0.15, -0.1) is 11.3 Å². The van der Waals surface area contributed by atoms with Crippen LogP contribution in [0.3, 0.4) is 0 Å². The van der Waals surface area contributed by atoms with Gasteiger partial charge in [0.2, 0.25) is 5.91 Å². The molecule has 0 spiro atoms. The van der Waals surface area contributed by atoms with Crippen molar-refractivity contribution >= 4 is 34.4 Å². The van der Waals surface area contributed by atoms with Gasteiger partial charge in [0.05, 0.1) is 31.0 Å². The number of hydrogen-bond acceptors (Lipinski definition) is 7. The quantitative estimate of drug-likeness (QED) is 0.490. The van der Waals surface area contributed by atoms with Crippen LogP contribution in [0.15, 0.2) is 47.8 Å². The number of anilines is 1. The number of carbonyl (C=O) groups is 2. The molecule has 2 amide bonds. The predicted octanol–water partition coefficient (Wildman–Crippen LogP) is 3.59. The van der Waals surface area contributed by atoms with Crippen LogP contribution in [0.4, 0.5) is 9.80 Å². The third-order valence-electron chi connectivity index (χ3n) is 5.33. The molecule has 0 radical (unpaired) electrons. The highest BCUT2D eigenvalue weighted by atomic mass is 32.1. The molecule has 0 saturated carbocycles. The second-order valence-electron chi connectivity index (χ2n) is 7.63. The molecule has 10 heteroatoms. The van der Waals surface area contributed by atoms with Crippen LogP contribution in [0, 0.1) is 17.2 Å². The standard InChI is InChI=1S/C23H23N5O4S/c24-12-19-18-3-1-17(14-32-23(30)26-7-9-28-8-6-25-15-28)11-20(18)33-22(19)27-21(29)4-2-16-5-10-31-13-16/h2,4-6,8,10,13,15,17H,1,3,7,9,11,14H2,(H,26,30)(H,27,29). The maximum absolute atomic E-state index is 12.3. The summed E-state index contributed by atoms with van der Waals surface area (Å²) >= 11 is 1.42. The average Bonchev–Trinajstić information content (AvgIpc) is 3.57. The largest absolute Gasteiger partial charge is 0.472 e. The van der Waals surface area contributed by atoms with Crippen molar-refractivity contribution in [3.05, 3.63) is 65.0 Å². The number of thiophene rings is 1. The number of alkyl carbamates (subject to hydrolysis) is 1. The number of fused-ring (bicyclic) bond motifs is 1. The molecule has 3 aromatic rings. The van der Waals surface area contributed by atoms with Crippen molar-refractivity contribution in [3.63, 3.8) is 0 Å². The number of furan rings is 1. The number of carbonyl (C=O) groups excluding carboxylic acids is 2. The van der Waals surface area contributed by atoms with E-state index in [1.54, 1.807) is 24.7 Å². The Balaban J connectivity index is 1.28. The predicted molar refractivity (Wildman–Crippen MR) is 122 cm³/mol. The smallest absolute Gasteiger partial charge is 0.407 e. The molecule has 0 aromatic carbocycles. The van der Waals surface area contributed by atoms with Crippen LogP contribution in [0.2, 0.25) is 0 Å². The Morgan fingerprint density at radius 3 is 3.12 bits per heavy atom. The summed E-state index contributed by atoms with van der Waals surface area (Å²) in [7, 11) is 0. The maximum atomic E-state index is 12.3. The fourth-order valence-corrected chi connectivity index (χ4v) is 4.96. The Bertz CT molecular complexity index is 1160. The molecule has 33 heavy (non-hydrogen) atoms. The van der Waals surface area contributed by atoms with Gasteiger partial charge in [-0.1, -0.05) is 0 Å². The second kappa shape index (κ2) is 10.7. The third-order valence-corrected chi connectivity index (χ3v) is 6.50. The summed E-state index contributed by atoms with van der Waals surface area (Å²) in [5.41, 5.74) is 2.29. The fourth-order valence-electron chi connectivity index (χ4n) is 3.65. The molecule has 1 unspecified atom stereocenters. The lowest BCUT2D eigenvalue weighted by atomic mass is 9.88. The topological polar surface area (TPSA) is 122 Å². The van der Waals surface area contributed by atoms with Crippen molar-refractivity contribution in [3.8, 4) is 6.07 Å². The van der Waals surface area contributed by atoms with Crippen molar-refractivity contribution < 1.29 is 18.7 Å². The average molecular weight is 466 g/mol. The molecular weight excluding hydrogens is 442 g/mol. The minimum atomic E-state index is -0.442. The van der Waals surface area contributed by atoms with Gasteiger partial charge in [0.1, 0.15) is 11.1 Å². The van der Waals surface area contributed by atoms with Crippen LogP contribution in [-0.4, -0.2) is 34.7 Å². The van der Waals surface area contributed by atoms with E-state index in [9.17, 15) is 14.9 Å². The van der Waals surface area contributed by atoms with Crippen molar-refractivity contribution in [1.82, 2.24) is 14.9 Å². The van der Waals surface area contributed by atoms with Gasteiger partial charge in [0, 0.05) is 42.0 Å². The van der Waals surface area contributed by atoms with E-state index < -0.39 is 6.09 Å². The van der Waals surface area contributed by atoms with Crippen molar-refractivity contribution in [2.45, 2.75) is 25.8 Å². The lowest BCUT2D eigenvalue weighted by molar-refractivity contribution is -0.111. The summed E-state index contributed by atoms with van der Waals surface area (Å²) in [6.07, 6.45) is 13.1. The molecule has 0 bridgehead atoms. The van der Waals surface area contributed by atoms with Gasteiger partial charge in [-0.2, -0.15) is 5.26 Å². The highest BCUT2D eigenvalue weighted by molar-refractivity contribution is 7.16. The minimum absolute atomic E-state index is 0.173. The summed E-state index contributed by atoms with van der Waals surface area (Å²) < 4.78 is 12.2. The van der Waals surface area contributed by atoms with Crippen LogP contribution in [0.5, 0.6) is 0 Å². The molecule has 1 atom stereocenters. The molecule has 0 saturated heterocycles. The maximum Gasteiger partial charge on any atom is 0.407 e. The van der Waals surface area contributed by atoms with E-state index in [0.717, 1.165) is 22.4 Å².